The fourth-order valence-electron chi connectivity index (χ4n) is 3.52. The van der Waals surface area contributed by atoms with Crippen LogP contribution in [0.5, 0.6) is 0 Å². The van der Waals surface area contributed by atoms with Gasteiger partial charge in [0.15, 0.2) is 0 Å². The zero-order valence-electron chi connectivity index (χ0n) is 18.2. The molecular formula is C22H38N4O2. The molecule has 2 atom stereocenters. The van der Waals surface area contributed by atoms with Crippen molar-refractivity contribution in [3.8, 4) is 0 Å². The molecule has 0 aliphatic heterocycles. The van der Waals surface area contributed by atoms with Gasteiger partial charge in [-0.3, -0.25) is 19.9 Å². The third-order valence-electron chi connectivity index (χ3n) is 5.21. The van der Waals surface area contributed by atoms with Crippen LogP contribution in [0.2, 0.25) is 0 Å². The molecule has 0 aromatic carbocycles. The topological polar surface area (TPSA) is 68.2 Å². The molecule has 0 fully saturated rings. The van der Waals surface area contributed by atoms with Crippen molar-refractivity contribution in [2.24, 2.45) is 16.8 Å². The molecule has 0 saturated carbocycles. The maximum absolute atomic E-state index is 11.2. The van der Waals surface area contributed by atoms with Crippen LogP contribution in [0.25, 0.3) is 0 Å². The molecule has 6 nitrogen and oxygen atoms in total. The Balaban J connectivity index is 2.71. The standard InChI is InChI=1S/C22H38N4O2/c1-7-8-18(4)16-26(17(2)3)14-13-25(6)21-11-9-19(15-20(21)23-5)10-12-22(27)24-28/h9-12,17-19,28H,5,7-8,13-16H2,1-4,6H3,(H,24,27)/b12-10+. The number of carbonyl (C=O) groups is 1. The maximum atomic E-state index is 11.2. The Morgan fingerprint density at radius 3 is 2.71 bits per heavy atom. The fourth-order valence-corrected chi connectivity index (χ4v) is 3.52. The molecule has 158 valence electrons. The minimum absolute atomic E-state index is 0.0667. The average molecular weight is 391 g/mol. The summed E-state index contributed by atoms with van der Waals surface area (Å²) in [4.78, 5) is 20.2. The van der Waals surface area contributed by atoms with Crippen molar-refractivity contribution in [1.82, 2.24) is 15.3 Å². The van der Waals surface area contributed by atoms with Crippen molar-refractivity contribution >= 4 is 12.6 Å². The summed E-state index contributed by atoms with van der Waals surface area (Å²) in [5.41, 5.74) is 3.61. The van der Waals surface area contributed by atoms with Gasteiger partial charge in [0.05, 0.1) is 11.4 Å². The molecule has 1 amide bonds. The number of carbonyl (C=O) groups excluding carboxylic acids is 1. The fraction of sp³-hybridized carbons (Fsp3) is 0.636. The summed E-state index contributed by atoms with van der Waals surface area (Å²) in [5, 5.41) is 8.59. The van der Waals surface area contributed by atoms with Gasteiger partial charge in [0.25, 0.3) is 5.91 Å². The van der Waals surface area contributed by atoms with Gasteiger partial charge in [-0.1, -0.05) is 32.4 Å². The second-order valence-electron chi connectivity index (χ2n) is 7.96. The van der Waals surface area contributed by atoms with Crippen molar-refractivity contribution in [3.05, 3.63) is 35.7 Å². The number of allylic oxidation sites excluding steroid dienone is 4. The summed E-state index contributed by atoms with van der Waals surface area (Å²) in [5.74, 6) is 0.247. The first-order valence-electron chi connectivity index (χ1n) is 10.3. The average Bonchev–Trinajstić information content (AvgIpc) is 2.68. The van der Waals surface area contributed by atoms with E-state index in [0.29, 0.717) is 18.4 Å². The van der Waals surface area contributed by atoms with Crippen LogP contribution >= 0.6 is 0 Å². The highest BCUT2D eigenvalue weighted by Gasteiger charge is 2.19. The SMILES string of the molecule is C=NC1=C(N(C)CCN(CC(C)CCC)C(C)C)C=CC(/C=C/C(=O)NO)C1. The van der Waals surface area contributed by atoms with Crippen LogP contribution in [-0.2, 0) is 4.79 Å². The van der Waals surface area contributed by atoms with E-state index < -0.39 is 5.91 Å². The molecule has 0 radical (unpaired) electrons. The predicted molar refractivity (Wildman–Crippen MR) is 116 cm³/mol. The lowest BCUT2D eigenvalue weighted by atomic mass is 9.95. The molecule has 1 rings (SSSR count). The quantitative estimate of drug-likeness (QED) is 0.231. The second kappa shape index (κ2) is 12.5. The molecule has 0 bridgehead atoms. The summed E-state index contributed by atoms with van der Waals surface area (Å²) in [6.45, 7) is 15.9. The highest BCUT2D eigenvalue weighted by atomic mass is 16.5. The zero-order valence-corrected chi connectivity index (χ0v) is 18.2. The van der Waals surface area contributed by atoms with Crippen LogP contribution in [-0.4, -0.2) is 60.4 Å². The normalized spacial score (nSPS) is 18.2. The van der Waals surface area contributed by atoms with E-state index in [0.717, 1.165) is 31.0 Å². The molecule has 2 unspecified atom stereocenters. The van der Waals surface area contributed by atoms with Gasteiger partial charge >= 0.3 is 0 Å². The third kappa shape index (κ3) is 7.98. The number of nitrogens with zero attached hydrogens (tertiary/aromatic N) is 3. The Labute approximate surface area is 170 Å². The largest absolute Gasteiger partial charge is 0.372 e. The Kier molecular flexibility index (Phi) is 10.8. The number of amides is 1. The number of nitrogens with one attached hydrogen (secondary N) is 1. The van der Waals surface area contributed by atoms with E-state index >= 15 is 0 Å². The summed E-state index contributed by atoms with van der Waals surface area (Å²) < 4.78 is 0. The second-order valence-corrected chi connectivity index (χ2v) is 7.96. The van der Waals surface area contributed by atoms with E-state index in [2.05, 4.69) is 68.4 Å². The van der Waals surface area contributed by atoms with Crippen molar-refractivity contribution in [1.29, 1.82) is 0 Å². The minimum Gasteiger partial charge on any atom is -0.372 e. The van der Waals surface area contributed by atoms with E-state index in [1.54, 1.807) is 11.6 Å². The molecule has 0 aromatic heterocycles. The third-order valence-corrected chi connectivity index (χ3v) is 5.21. The lowest BCUT2D eigenvalue weighted by Gasteiger charge is -2.33. The van der Waals surface area contributed by atoms with Crippen LogP contribution in [0, 0.1) is 11.8 Å². The number of hydrogen-bond donors (Lipinski definition) is 2. The number of hydrogen-bond acceptors (Lipinski definition) is 5. The first kappa shape index (κ1) is 24.1. The summed E-state index contributed by atoms with van der Waals surface area (Å²) >= 11 is 0. The van der Waals surface area contributed by atoms with Crippen molar-refractivity contribution in [3.63, 3.8) is 0 Å². The van der Waals surface area contributed by atoms with E-state index in [-0.39, 0.29) is 5.92 Å². The summed E-state index contributed by atoms with van der Waals surface area (Å²) in [6.07, 6.45) is 10.4. The molecule has 0 spiro atoms. The van der Waals surface area contributed by atoms with Gasteiger partial charge in [0, 0.05) is 51.1 Å². The van der Waals surface area contributed by atoms with E-state index in [9.17, 15) is 4.79 Å². The van der Waals surface area contributed by atoms with Crippen LogP contribution in [0.15, 0.2) is 40.7 Å². The lowest BCUT2D eigenvalue weighted by molar-refractivity contribution is -0.124. The maximum Gasteiger partial charge on any atom is 0.267 e. The van der Waals surface area contributed by atoms with Gasteiger partial charge in [-0.25, -0.2) is 5.48 Å². The Morgan fingerprint density at radius 2 is 2.14 bits per heavy atom. The van der Waals surface area contributed by atoms with Gasteiger partial charge in [0.1, 0.15) is 0 Å². The number of likely N-dealkylation sites (N-methyl/N-ethyl adjacent to an activating group) is 1. The zero-order chi connectivity index (χ0) is 21.1. The predicted octanol–water partition coefficient (Wildman–Crippen LogP) is 3.61. The van der Waals surface area contributed by atoms with Gasteiger partial charge in [-0.2, -0.15) is 0 Å². The Hall–Kier alpha value is -1.92. The molecule has 0 heterocycles. The van der Waals surface area contributed by atoms with Crippen LogP contribution in [0.4, 0.5) is 0 Å². The number of aliphatic imine (C=N–C) groups is 1. The monoisotopic (exact) mass is 390 g/mol. The molecule has 1 aliphatic carbocycles. The summed E-state index contributed by atoms with van der Waals surface area (Å²) in [6, 6.07) is 0.521. The van der Waals surface area contributed by atoms with Gasteiger partial charge in [-0.15, -0.1) is 0 Å². The van der Waals surface area contributed by atoms with Crippen LogP contribution in [0.3, 0.4) is 0 Å². The van der Waals surface area contributed by atoms with Gasteiger partial charge < -0.3 is 4.90 Å². The number of rotatable bonds is 12. The molecule has 28 heavy (non-hydrogen) atoms. The van der Waals surface area contributed by atoms with E-state index in [4.69, 9.17) is 5.21 Å². The van der Waals surface area contributed by atoms with E-state index in [1.165, 1.54) is 18.9 Å². The van der Waals surface area contributed by atoms with Crippen LogP contribution < -0.4 is 5.48 Å². The van der Waals surface area contributed by atoms with Gasteiger partial charge in [-0.05, 0) is 39.0 Å². The molecular weight excluding hydrogens is 352 g/mol. The molecule has 2 N–H and O–H groups in total. The van der Waals surface area contributed by atoms with Crippen LogP contribution in [0.1, 0.15) is 47.0 Å². The molecule has 0 saturated heterocycles. The first-order chi connectivity index (χ1) is 13.3. The lowest BCUT2D eigenvalue weighted by Crippen LogP contribution is -2.40. The molecule has 0 aromatic rings. The summed E-state index contributed by atoms with van der Waals surface area (Å²) in [7, 11) is 2.09. The first-order valence-corrected chi connectivity index (χ1v) is 10.3. The van der Waals surface area contributed by atoms with Gasteiger partial charge in [0.2, 0.25) is 0 Å². The molecule has 6 heteroatoms. The van der Waals surface area contributed by atoms with Crippen molar-refractivity contribution < 1.29 is 10.0 Å². The Morgan fingerprint density at radius 1 is 1.43 bits per heavy atom. The molecule has 1 aliphatic rings. The van der Waals surface area contributed by atoms with E-state index in [1.807, 2.05) is 0 Å². The Bertz CT molecular complexity index is 595. The highest BCUT2D eigenvalue weighted by Crippen LogP contribution is 2.27. The van der Waals surface area contributed by atoms with Crippen molar-refractivity contribution in [2.75, 3.05) is 26.7 Å². The highest BCUT2D eigenvalue weighted by molar-refractivity contribution is 5.86. The minimum atomic E-state index is -0.528. The van der Waals surface area contributed by atoms with Crippen molar-refractivity contribution in [2.45, 2.75) is 53.0 Å². The smallest absolute Gasteiger partial charge is 0.267 e. The number of hydroxylamine groups is 1.